The lowest BCUT2D eigenvalue weighted by atomic mass is 10.3. The second kappa shape index (κ2) is 5.66. The fourth-order valence-electron chi connectivity index (χ4n) is 1.59. The smallest absolute Gasteiger partial charge is 0.355 e. The van der Waals surface area contributed by atoms with Crippen LogP contribution in [0.3, 0.4) is 0 Å². The second-order valence-electron chi connectivity index (χ2n) is 4.11. The van der Waals surface area contributed by atoms with Crippen molar-refractivity contribution in [1.29, 1.82) is 0 Å². The van der Waals surface area contributed by atoms with Crippen LogP contribution in [0.2, 0.25) is 0 Å². The molecule has 0 saturated heterocycles. The summed E-state index contributed by atoms with van der Waals surface area (Å²) in [4.78, 5) is 21.3. The molecule has 19 heavy (non-hydrogen) atoms. The number of carboxylic acid groups (broad SMARTS) is 1. The molecule has 0 spiro atoms. The zero-order valence-corrected chi connectivity index (χ0v) is 12.6. The van der Waals surface area contributed by atoms with Crippen molar-refractivity contribution < 1.29 is 9.90 Å². The molecule has 1 atom stereocenters. The van der Waals surface area contributed by atoms with Gasteiger partial charge in [0.05, 0.1) is 6.04 Å². The van der Waals surface area contributed by atoms with Crippen molar-refractivity contribution in [3.63, 3.8) is 0 Å². The summed E-state index contributed by atoms with van der Waals surface area (Å²) >= 11 is 3.02. The lowest BCUT2D eigenvalue weighted by Gasteiger charge is -2.08. The van der Waals surface area contributed by atoms with E-state index in [-0.39, 0.29) is 11.7 Å². The number of nitrogens with one attached hydrogen (secondary N) is 1. The fraction of sp³-hybridized carbons (Fsp3) is 0.417. The van der Waals surface area contributed by atoms with Gasteiger partial charge in [0.2, 0.25) is 0 Å². The van der Waals surface area contributed by atoms with E-state index in [2.05, 4.69) is 22.2 Å². The molecule has 2 rings (SSSR count). The number of aromatic nitrogens is 2. The zero-order chi connectivity index (χ0) is 14.0. The quantitative estimate of drug-likeness (QED) is 0.885. The summed E-state index contributed by atoms with van der Waals surface area (Å²) in [5.74, 6) is -0.989. The molecule has 1 unspecified atom stereocenters. The average Bonchev–Trinajstić information content (AvgIpc) is 2.95. The highest BCUT2D eigenvalue weighted by Crippen LogP contribution is 2.28. The summed E-state index contributed by atoms with van der Waals surface area (Å²) in [6.45, 7) is 5.85. The molecule has 0 saturated carbocycles. The molecule has 0 fully saturated rings. The summed E-state index contributed by atoms with van der Waals surface area (Å²) in [5, 5.41) is 13.8. The van der Waals surface area contributed by atoms with Crippen molar-refractivity contribution in [3.8, 4) is 0 Å². The zero-order valence-electron chi connectivity index (χ0n) is 10.9. The lowest BCUT2D eigenvalue weighted by Crippen LogP contribution is -2.06. The molecule has 0 aromatic carbocycles. The molecule has 0 amide bonds. The monoisotopic (exact) mass is 297 g/mol. The maximum absolute atomic E-state index is 10.9. The van der Waals surface area contributed by atoms with Crippen molar-refractivity contribution in [2.45, 2.75) is 33.2 Å². The molecular formula is C12H15N3O2S2. The highest BCUT2D eigenvalue weighted by molar-refractivity contribution is 7.15. The first-order valence-corrected chi connectivity index (χ1v) is 7.56. The first-order valence-electron chi connectivity index (χ1n) is 5.93. The van der Waals surface area contributed by atoms with Gasteiger partial charge in [0.25, 0.3) is 0 Å². The number of nitrogens with zero attached hydrogens (tertiary/aromatic N) is 2. The van der Waals surface area contributed by atoms with E-state index < -0.39 is 5.97 Å². The van der Waals surface area contributed by atoms with Crippen molar-refractivity contribution in [2.75, 3.05) is 5.32 Å². The largest absolute Gasteiger partial charge is 0.476 e. The van der Waals surface area contributed by atoms with Crippen molar-refractivity contribution in [1.82, 2.24) is 9.97 Å². The van der Waals surface area contributed by atoms with E-state index >= 15 is 0 Å². The second-order valence-corrected chi connectivity index (χ2v) is 6.46. The number of aromatic carboxylic acids is 1. The number of anilines is 1. The van der Waals surface area contributed by atoms with Crippen molar-refractivity contribution in [2.24, 2.45) is 0 Å². The summed E-state index contributed by atoms with van der Waals surface area (Å²) in [7, 11) is 0. The Hall–Kier alpha value is -1.47. The van der Waals surface area contributed by atoms with Crippen molar-refractivity contribution in [3.05, 3.63) is 26.7 Å². The highest BCUT2D eigenvalue weighted by atomic mass is 32.1. The minimum Gasteiger partial charge on any atom is -0.476 e. The molecule has 2 aromatic heterocycles. The lowest BCUT2D eigenvalue weighted by molar-refractivity contribution is 0.0690. The van der Waals surface area contributed by atoms with Gasteiger partial charge < -0.3 is 10.4 Å². The van der Waals surface area contributed by atoms with Gasteiger partial charge in [0.15, 0.2) is 10.8 Å². The van der Waals surface area contributed by atoms with E-state index in [1.807, 2.05) is 13.1 Å². The summed E-state index contributed by atoms with van der Waals surface area (Å²) in [6, 6.07) is 0.0255. The molecule has 2 aromatic rings. The molecule has 0 bridgehead atoms. The maximum atomic E-state index is 10.9. The Labute approximate surface area is 119 Å². The number of carboxylic acids is 1. The number of aryl methyl sites for hydroxylation is 2. The molecule has 0 radical (unpaired) electrons. The van der Waals surface area contributed by atoms with E-state index in [0.717, 1.165) is 11.4 Å². The van der Waals surface area contributed by atoms with E-state index in [9.17, 15) is 4.79 Å². The number of hydrogen-bond donors (Lipinski definition) is 2. The van der Waals surface area contributed by atoms with Gasteiger partial charge in [-0.25, -0.2) is 14.8 Å². The van der Waals surface area contributed by atoms with Crippen LogP contribution in [0.25, 0.3) is 0 Å². The van der Waals surface area contributed by atoms with E-state index in [1.54, 1.807) is 18.3 Å². The standard InChI is InChI=1S/C12H15N3O2S2/c1-4-8-5-13-10(19-8)6(2)14-12-15-9(11(16)17)7(3)18-12/h5-6H,4H2,1-3H3,(H,14,15)(H,16,17). The number of hydrogen-bond acceptors (Lipinski definition) is 6. The summed E-state index contributed by atoms with van der Waals surface area (Å²) in [6.07, 6.45) is 2.86. The highest BCUT2D eigenvalue weighted by Gasteiger charge is 2.17. The molecule has 0 aliphatic heterocycles. The molecule has 0 aliphatic rings. The molecule has 2 heterocycles. The van der Waals surface area contributed by atoms with Crippen LogP contribution in [0.15, 0.2) is 6.20 Å². The number of carbonyl (C=O) groups is 1. The minimum absolute atomic E-state index is 0.0255. The Kier molecular flexibility index (Phi) is 4.16. The number of rotatable bonds is 5. The van der Waals surface area contributed by atoms with Gasteiger partial charge in [0, 0.05) is 16.0 Å². The minimum atomic E-state index is -0.989. The Balaban J connectivity index is 2.12. The maximum Gasteiger partial charge on any atom is 0.355 e. The van der Waals surface area contributed by atoms with Gasteiger partial charge >= 0.3 is 5.97 Å². The Morgan fingerprint density at radius 3 is 2.79 bits per heavy atom. The van der Waals surface area contributed by atoms with Crippen LogP contribution < -0.4 is 5.32 Å². The predicted octanol–water partition coefficient (Wildman–Crippen LogP) is 3.34. The molecule has 7 heteroatoms. The summed E-state index contributed by atoms with van der Waals surface area (Å²) < 4.78 is 0. The third-order valence-corrected chi connectivity index (χ3v) is 4.86. The normalized spacial score (nSPS) is 12.4. The van der Waals surface area contributed by atoms with Gasteiger partial charge in [-0.3, -0.25) is 0 Å². The first kappa shape index (κ1) is 14.0. The van der Waals surface area contributed by atoms with E-state index in [4.69, 9.17) is 5.11 Å². The van der Waals surface area contributed by atoms with Crippen LogP contribution in [-0.2, 0) is 6.42 Å². The fourth-order valence-corrected chi connectivity index (χ4v) is 3.34. The van der Waals surface area contributed by atoms with E-state index in [0.29, 0.717) is 10.0 Å². The molecule has 0 aliphatic carbocycles. The molecule has 5 nitrogen and oxygen atoms in total. The van der Waals surface area contributed by atoms with Crippen LogP contribution in [-0.4, -0.2) is 21.0 Å². The Morgan fingerprint density at radius 1 is 1.53 bits per heavy atom. The van der Waals surface area contributed by atoms with Gasteiger partial charge in [0.1, 0.15) is 5.01 Å². The van der Waals surface area contributed by atoms with Crippen molar-refractivity contribution >= 4 is 33.8 Å². The van der Waals surface area contributed by atoms with Crippen LogP contribution >= 0.6 is 22.7 Å². The first-order chi connectivity index (χ1) is 9.01. The van der Waals surface area contributed by atoms with Gasteiger partial charge in [-0.1, -0.05) is 6.92 Å². The third kappa shape index (κ3) is 3.10. The Morgan fingerprint density at radius 2 is 2.26 bits per heavy atom. The number of thiazole rings is 2. The predicted molar refractivity (Wildman–Crippen MR) is 77.3 cm³/mol. The average molecular weight is 297 g/mol. The van der Waals surface area contributed by atoms with Gasteiger partial charge in [-0.15, -0.1) is 22.7 Å². The molecule has 102 valence electrons. The SMILES string of the molecule is CCc1cnc(C(C)Nc2nc(C(=O)O)c(C)s2)s1. The third-order valence-electron chi connectivity index (χ3n) is 2.63. The van der Waals surface area contributed by atoms with Crippen LogP contribution in [0.4, 0.5) is 5.13 Å². The van der Waals surface area contributed by atoms with Crippen LogP contribution in [0.1, 0.15) is 45.1 Å². The topological polar surface area (TPSA) is 75.1 Å². The summed E-state index contributed by atoms with van der Waals surface area (Å²) in [5.41, 5.74) is 0.119. The Bertz CT molecular complexity index is 592. The van der Waals surface area contributed by atoms with E-state index in [1.165, 1.54) is 16.2 Å². The molecular weight excluding hydrogens is 282 g/mol. The van der Waals surface area contributed by atoms with Crippen LogP contribution in [0.5, 0.6) is 0 Å². The molecule has 2 N–H and O–H groups in total. The van der Waals surface area contributed by atoms with Crippen LogP contribution in [0, 0.1) is 6.92 Å². The van der Waals surface area contributed by atoms with Gasteiger partial charge in [-0.05, 0) is 20.3 Å². The van der Waals surface area contributed by atoms with Gasteiger partial charge in [-0.2, -0.15) is 0 Å².